The molecular formula is C27H32N2O5. The summed E-state index contributed by atoms with van der Waals surface area (Å²) >= 11 is 0. The number of carboxylic acids is 1. The van der Waals surface area contributed by atoms with E-state index in [1.165, 1.54) is 11.1 Å². The molecule has 1 atom stereocenters. The molecule has 2 aromatic rings. The summed E-state index contributed by atoms with van der Waals surface area (Å²) in [6.45, 7) is 3.34. The van der Waals surface area contributed by atoms with Gasteiger partial charge in [0.25, 0.3) is 0 Å². The van der Waals surface area contributed by atoms with E-state index in [1.54, 1.807) is 4.90 Å². The number of piperidine rings is 1. The number of hydrogen-bond donors (Lipinski definition) is 2. The number of aliphatic carboxylic acids is 1. The van der Waals surface area contributed by atoms with Crippen LogP contribution >= 0.6 is 0 Å². The Morgan fingerprint density at radius 1 is 1.03 bits per heavy atom. The third-order valence-electron chi connectivity index (χ3n) is 6.98. The number of nitrogens with zero attached hydrogens (tertiary/aromatic N) is 1. The molecule has 0 bridgehead atoms. The third-order valence-corrected chi connectivity index (χ3v) is 6.98. The number of hydrogen-bond acceptors (Lipinski definition) is 4. The summed E-state index contributed by atoms with van der Waals surface area (Å²) in [7, 11) is 0. The van der Waals surface area contributed by atoms with Crippen molar-refractivity contribution >= 4 is 18.0 Å². The lowest BCUT2D eigenvalue weighted by molar-refractivity contribution is -0.146. The molecule has 180 valence electrons. The minimum Gasteiger partial charge on any atom is -0.481 e. The minimum atomic E-state index is -0.797. The Morgan fingerprint density at radius 3 is 2.18 bits per heavy atom. The van der Waals surface area contributed by atoms with E-state index in [0.717, 1.165) is 17.5 Å². The monoisotopic (exact) mass is 464 g/mol. The highest BCUT2D eigenvalue weighted by molar-refractivity contribution is 5.81. The van der Waals surface area contributed by atoms with E-state index >= 15 is 0 Å². The molecule has 34 heavy (non-hydrogen) atoms. The van der Waals surface area contributed by atoms with E-state index in [9.17, 15) is 19.5 Å². The average molecular weight is 465 g/mol. The van der Waals surface area contributed by atoms with Gasteiger partial charge in [-0.15, -0.1) is 0 Å². The molecule has 2 N–H and O–H groups in total. The molecule has 1 heterocycles. The van der Waals surface area contributed by atoms with Crippen LogP contribution in [0.1, 0.15) is 49.7 Å². The molecule has 0 radical (unpaired) electrons. The smallest absolute Gasteiger partial charge is 0.407 e. The van der Waals surface area contributed by atoms with Crippen LogP contribution in [-0.2, 0) is 14.3 Å². The fourth-order valence-electron chi connectivity index (χ4n) is 5.12. The summed E-state index contributed by atoms with van der Waals surface area (Å²) in [5, 5.41) is 12.0. The quantitative estimate of drug-likeness (QED) is 0.608. The van der Waals surface area contributed by atoms with Crippen molar-refractivity contribution in [2.45, 2.75) is 38.5 Å². The first-order chi connectivity index (χ1) is 16.5. The lowest BCUT2D eigenvalue weighted by atomic mass is 9.94. The van der Waals surface area contributed by atoms with Gasteiger partial charge >= 0.3 is 12.1 Å². The van der Waals surface area contributed by atoms with Crippen molar-refractivity contribution in [3.63, 3.8) is 0 Å². The summed E-state index contributed by atoms with van der Waals surface area (Å²) in [5.74, 6) is -1.56. The summed E-state index contributed by atoms with van der Waals surface area (Å²) in [6.07, 6.45) is 1.88. The summed E-state index contributed by atoms with van der Waals surface area (Å²) in [6, 6.07) is 16.4. The van der Waals surface area contributed by atoms with Crippen LogP contribution in [0.25, 0.3) is 11.1 Å². The molecular weight excluding hydrogens is 432 g/mol. The van der Waals surface area contributed by atoms with Crippen molar-refractivity contribution in [1.29, 1.82) is 0 Å². The van der Waals surface area contributed by atoms with Gasteiger partial charge in [-0.25, -0.2) is 4.79 Å². The Morgan fingerprint density at radius 2 is 1.62 bits per heavy atom. The Balaban J connectivity index is 1.31. The summed E-state index contributed by atoms with van der Waals surface area (Å²) in [4.78, 5) is 38.4. The molecule has 0 saturated carbocycles. The first-order valence-electron chi connectivity index (χ1n) is 12.1. The van der Waals surface area contributed by atoms with Gasteiger partial charge in [-0.2, -0.15) is 0 Å². The van der Waals surface area contributed by atoms with Crippen LogP contribution in [0.15, 0.2) is 48.5 Å². The van der Waals surface area contributed by atoms with E-state index in [-0.39, 0.29) is 36.8 Å². The lowest BCUT2D eigenvalue weighted by Crippen LogP contribution is -2.46. The van der Waals surface area contributed by atoms with E-state index in [1.807, 2.05) is 31.2 Å². The fraction of sp³-hybridized carbons (Fsp3) is 0.444. The number of rotatable bonds is 8. The van der Waals surface area contributed by atoms with Crippen LogP contribution in [0.3, 0.4) is 0 Å². The second-order valence-electron chi connectivity index (χ2n) is 9.13. The number of ether oxygens (including phenoxy) is 1. The molecule has 7 heteroatoms. The molecule has 1 aliphatic carbocycles. The molecule has 2 aliphatic rings. The molecule has 2 amide bonds. The minimum absolute atomic E-state index is 0.0123. The van der Waals surface area contributed by atoms with Crippen LogP contribution < -0.4 is 5.32 Å². The number of likely N-dealkylation sites (tertiary alicyclic amines) is 1. The zero-order valence-corrected chi connectivity index (χ0v) is 19.5. The van der Waals surface area contributed by atoms with E-state index < -0.39 is 12.1 Å². The largest absolute Gasteiger partial charge is 0.481 e. The van der Waals surface area contributed by atoms with E-state index in [4.69, 9.17) is 4.74 Å². The first-order valence-corrected chi connectivity index (χ1v) is 12.1. The Hall–Kier alpha value is -3.35. The van der Waals surface area contributed by atoms with E-state index in [2.05, 4.69) is 29.6 Å². The number of carbonyl (C=O) groups is 3. The van der Waals surface area contributed by atoms with Gasteiger partial charge in [0, 0.05) is 25.6 Å². The molecule has 1 unspecified atom stereocenters. The Kier molecular flexibility index (Phi) is 7.50. The zero-order valence-electron chi connectivity index (χ0n) is 19.5. The predicted molar refractivity (Wildman–Crippen MR) is 128 cm³/mol. The van der Waals surface area contributed by atoms with Crippen LogP contribution in [0.2, 0.25) is 0 Å². The van der Waals surface area contributed by atoms with Gasteiger partial charge in [0.15, 0.2) is 0 Å². The second-order valence-corrected chi connectivity index (χ2v) is 9.13. The number of alkyl carbamates (subject to hydrolysis) is 1. The molecule has 0 spiro atoms. The standard InChI is InChI=1S/C27H32N2O5/c1-2-7-19(25(30)29-14-12-18(13-15-29)26(31)32)16-28-27(33)34-17-24-22-10-5-3-8-20(22)21-9-4-6-11-23(21)24/h3-6,8-11,18-19,24H,2,7,12-17H2,1H3,(H,28,33)(H,31,32). The molecule has 1 saturated heterocycles. The highest BCUT2D eigenvalue weighted by atomic mass is 16.5. The molecule has 1 fully saturated rings. The predicted octanol–water partition coefficient (Wildman–Crippen LogP) is 4.26. The number of fused-ring (bicyclic) bond motifs is 3. The third kappa shape index (κ3) is 5.08. The summed E-state index contributed by atoms with van der Waals surface area (Å²) in [5.41, 5.74) is 4.65. The topological polar surface area (TPSA) is 95.9 Å². The highest BCUT2D eigenvalue weighted by Crippen LogP contribution is 2.44. The molecule has 1 aliphatic heterocycles. The SMILES string of the molecule is CCCC(CNC(=O)OCC1c2ccccc2-c2ccccc21)C(=O)N1CCC(C(=O)O)CC1. The number of carboxylic acid groups (broad SMARTS) is 1. The van der Waals surface area contributed by atoms with Crippen molar-refractivity contribution in [2.24, 2.45) is 11.8 Å². The van der Waals surface area contributed by atoms with Crippen LogP contribution in [0.4, 0.5) is 4.79 Å². The Labute approximate surface area is 200 Å². The van der Waals surface area contributed by atoms with Crippen molar-refractivity contribution in [2.75, 3.05) is 26.2 Å². The van der Waals surface area contributed by atoms with Crippen molar-refractivity contribution in [1.82, 2.24) is 10.2 Å². The van der Waals surface area contributed by atoms with Gasteiger partial charge in [-0.3, -0.25) is 9.59 Å². The molecule has 7 nitrogen and oxygen atoms in total. The van der Waals surface area contributed by atoms with Gasteiger partial charge in [-0.1, -0.05) is 61.9 Å². The maximum Gasteiger partial charge on any atom is 0.407 e. The summed E-state index contributed by atoms with van der Waals surface area (Å²) < 4.78 is 5.59. The van der Waals surface area contributed by atoms with Gasteiger partial charge in [0.05, 0.1) is 11.8 Å². The van der Waals surface area contributed by atoms with E-state index in [0.29, 0.717) is 32.4 Å². The van der Waals surface area contributed by atoms with Crippen LogP contribution in [0, 0.1) is 11.8 Å². The van der Waals surface area contributed by atoms with Gasteiger partial charge in [-0.05, 0) is 41.5 Å². The highest BCUT2D eigenvalue weighted by Gasteiger charge is 2.31. The lowest BCUT2D eigenvalue weighted by Gasteiger charge is -2.33. The number of benzene rings is 2. The first kappa shape index (κ1) is 23.8. The van der Waals surface area contributed by atoms with Gasteiger partial charge in [0.2, 0.25) is 5.91 Å². The maximum absolute atomic E-state index is 13.0. The maximum atomic E-state index is 13.0. The Bertz CT molecular complexity index is 999. The molecule has 2 aromatic carbocycles. The zero-order chi connectivity index (χ0) is 24.1. The number of carbonyl (C=O) groups excluding carboxylic acids is 2. The normalized spacial score (nSPS) is 16.4. The second kappa shape index (κ2) is 10.7. The van der Waals surface area contributed by atoms with Crippen LogP contribution in [-0.4, -0.2) is 54.2 Å². The molecule has 0 aromatic heterocycles. The molecule has 4 rings (SSSR count). The number of nitrogens with one attached hydrogen (secondary N) is 1. The van der Waals surface area contributed by atoms with Crippen LogP contribution in [0.5, 0.6) is 0 Å². The fourth-order valence-corrected chi connectivity index (χ4v) is 5.12. The van der Waals surface area contributed by atoms with Gasteiger partial charge < -0.3 is 20.1 Å². The van der Waals surface area contributed by atoms with Crippen molar-refractivity contribution in [3.05, 3.63) is 59.7 Å². The number of amides is 2. The van der Waals surface area contributed by atoms with Crippen molar-refractivity contribution < 1.29 is 24.2 Å². The van der Waals surface area contributed by atoms with Gasteiger partial charge in [0.1, 0.15) is 6.61 Å². The van der Waals surface area contributed by atoms with Crippen molar-refractivity contribution in [3.8, 4) is 11.1 Å². The average Bonchev–Trinajstić information content (AvgIpc) is 3.18.